The summed E-state index contributed by atoms with van der Waals surface area (Å²) in [5.41, 5.74) is 16.3. The first kappa shape index (κ1) is 21.7. The molecule has 0 saturated heterocycles. The zero-order valence-electron chi connectivity index (χ0n) is 18.8. The molecular formula is C25H23N9O. The largest absolute Gasteiger partial charge is 0.398 e. The Kier molecular flexibility index (Phi) is 5.60. The number of nitrogens with two attached hydrogens (primary N) is 1. The van der Waals surface area contributed by atoms with Crippen molar-refractivity contribution in [2.75, 3.05) is 18.1 Å². The summed E-state index contributed by atoms with van der Waals surface area (Å²) >= 11 is 0. The standard InChI is InChI=1S/C25H23N9O/c1-34(19-6-9-29-30-14-19)25(35)22-11-15-2-3-16(12-21(15)32-22)24-28-8-7-23(33-24)31-18-4-5-20(27)17(10-18)13-26/h2-14,26,29-30,32H,27H2,1H3,(H,28,31,33). The van der Waals surface area contributed by atoms with Gasteiger partial charge in [0.05, 0.1) is 5.70 Å². The summed E-state index contributed by atoms with van der Waals surface area (Å²) in [6.07, 6.45) is 8.14. The van der Waals surface area contributed by atoms with E-state index < -0.39 is 0 Å². The second-order valence-electron chi connectivity index (χ2n) is 7.92. The van der Waals surface area contributed by atoms with Gasteiger partial charge >= 0.3 is 0 Å². The molecule has 2 aromatic heterocycles. The van der Waals surface area contributed by atoms with Crippen LogP contribution in [0, 0.1) is 5.41 Å². The number of amides is 1. The molecule has 174 valence electrons. The minimum absolute atomic E-state index is 0.155. The summed E-state index contributed by atoms with van der Waals surface area (Å²) in [7, 11) is 1.72. The maximum absolute atomic E-state index is 13.0. The van der Waals surface area contributed by atoms with Crippen LogP contribution in [0.3, 0.4) is 0 Å². The van der Waals surface area contributed by atoms with E-state index in [1.807, 2.05) is 36.4 Å². The van der Waals surface area contributed by atoms with E-state index in [9.17, 15) is 4.79 Å². The van der Waals surface area contributed by atoms with Gasteiger partial charge in [0.1, 0.15) is 11.5 Å². The van der Waals surface area contributed by atoms with Crippen molar-refractivity contribution in [3.63, 3.8) is 0 Å². The highest BCUT2D eigenvalue weighted by molar-refractivity contribution is 5.99. The van der Waals surface area contributed by atoms with Crippen molar-refractivity contribution in [2.45, 2.75) is 0 Å². The molecule has 2 aromatic carbocycles. The third-order valence-corrected chi connectivity index (χ3v) is 5.61. The van der Waals surface area contributed by atoms with Crippen LogP contribution in [0.4, 0.5) is 17.2 Å². The maximum Gasteiger partial charge on any atom is 0.274 e. The first-order chi connectivity index (χ1) is 17.0. The van der Waals surface area contributed by atoms with Crippen molar-refractivity contribution in [1.29, 1.82) is 5.41 Å². The zero-order valence-corrected chi connectivity index (χ0v) is 18.8. The van der Waals surface area contributed by atoms with Gasteiger partial charge in [-0.05, 0) is 42.5 Å². The van der Waals surface area contributed by atoms with Gasteiger partial charge in [0.15, 0.2) is 5.82 Å². The van der Waals surface area contributed by atoms with E-state index in [2.05, 4.69) is 31.1 Å². The van der Waals surface area contributed by atoms with Crippen LogP contribution in [-0.4, -0.2) is 39.0 Å². The fraction of sp³-hybridized carbons (Fsp3) is 0.0400. The van der Waals surface area contributed by atoms with E-state index >= 15 is 0 Å². The van der Waals surface area contributed by atoms with Crippen molar-refractivity contribution < 1.29 is 4.79 Å². The van der Waals surface area contributed by atoms with Gasteiger partial charge in [-0.1, -0.05) is 12.1 Å². The molecule has 0 atom stereocenters. The van der Waals surface area contributed by atoms with Crippen molar-refractivity contribution in [3.05, 3.63) is 90.2 Å². The third-order valence-electron chi connectivity index (χ3n) is 5.61. The average Bonchev–Trinajstić information content (AvgIpc) is 3.33. The molecule has 0 radical (unpaired) electrons. The first-order valence-electron chi connectivity index (χ1n) is 10.8. The van der Waals surface area contributed by atoms with E-state index in [0.29, 0.717) is 28.6 Å². The number of nitrogens with one attached hydrogen (secondary N) is 5. The van der Waals surface area contributed by atoms with E-state index in [1.165, 1.54) is 6.21 Å². The maximum atomic E-state index is 13.0. The molecule has 0 bridgehead atoms. The second-order valence-corrected chi connectivity index (χ2v) is 7.92. The molecule has 10 heteroatoms. The minimum Gasteiger partial charge on any atom is -0.398 e. The number of nitrogens with zero attached hydrogens (tertiary/aromatic N) is 3. The molecule has 0 saturated carbocycles. The summed E-state index contributed by atoms with van der Waals surface area (Å²) < 4.78 is 0. The van der Waals surface area contributed by atoms with E-state index in [1.54, 1.807) is 48.7 Å². The van der Waals surface area contributed by atoms with Crippen LogP contribution in [0.5, 0.6) is 0 Å². The van der Waals surface area contributed by atoms with Crippen LogP contribution in [0.1, 0.15) is 16.1 Å². The van der Waals surface area contributed by atoms with Crippen LogP contribution < -0.4 is 21.9 Å². The SMILES string of the molecule is CN(C(=O)c1cc2ccc(-c3nccc(Nc4ccc(N)c(C=N)c4)n3)cc2[nH]1)C1=CNNC=C1. The number of fused-ring (bicyclic) bond motifs is 1. The van der Waals surface area contributed by atoms with Gasteiger partial charge in [-0.15, -0.1) is 0 Å². The van der Waals surface area contributed by atoms with Gasteiger partial charge < -0.3 is 37.2 Å². The number of anilines is 3. The zero-order chi connectivity index (χ0) is 24.4. The van der Waals surface area contributed by atoms with Crippen molar-refractivity contribution in [3.8, 4) is 11.4 Å². The topological polar surface area (TPSA) is 148 Å². The lowest BCUT2D eigenvalue weighted by atomic mass is 10.1. The Labute approximate surface area is 201 Å². The summed E-state index contributed by atoms with van der Waals surface area (Å²) in [4.78, 5) is 26.8. The Hall–Kier alpha value is -5.12. The van der Waals surface area contributed by atoms with Crippen LogP contribution in [0.25, 0.3) is 22.3 Å². The average molecular weight is 466 g/mol. The Morgan fingerprint density at radius 2 is 2.03 bits per heavy atom. The molecule has 0 fully saturated rings. The third kappa shape index (κ3) is 4.40. The minimum atomic E-state index is -0.155. The smallest absolute Gasteiger partial charge is 0.274 e. The van der Waals surface area contributed by atoms with Crippen LogP contribution in [0.2, 0.25) is 0 Å². The first-order valence-corrected chi connectivity index (χ1v) is 10.8. The van der Waals surface area contributed by atoms with Gasteiger partial charge in [0, 0.05) is 65.3 Å². The van der Waals surface area contributed by atoms with E-state index in [4.69, 9.17) is 11.1 Å². The number of allylic oxidation sites excluding steroid dienone is 1. The lowest BCUT2D eigenvalue weighted by Crippen LogP contribution is -2.31. The molecule has 0 aliphatic carbocycles. The molecule has 7 N–H and O–H groups in total. The Bertz CT molecular complexity index is 1500. The van der Waals surface area contributed by atoms with E-state index in [-0.39, 0.29) is 5.91 Å². The number of nitrogen functional groups attached to an aromatic ring is 1. The molecule has 10 nitrogen and oxygen atoms in total. The number of hydrazine groups is 1. The van der Waals surface area contributed by atoms with E-state index in [0.717, 1.165) is 27.9 Å². The van der Waals surface area contributed by atoms with Gasteiger partial charge in [-0.25, -0.2) is 9.97 Å². The number of aromatic nitrogens is 3. The molecule has 1 amide bonds. The number of carbonyl (C=O) groups excluding carboxylic acids is 1. The fourth-order valence-electron chi connectivity index (χ4n) is 3.72. The molecule has 1 aliphatic heterocycles. The summed E-state index contributed by atoms with van der Waals surface area (Å²) in [5, 5.41) is 11.6. The van der Waals surface area contributed by atoms with Crippen LogP contribution >= 0.6 is 0 Å². The van der Waals surface area contributed by atoms with Crippen molar-refractivity contribution >= 4 is 40.2 Å². The molecule has 0 spiro atoms. The highest BCUT2D eigenvalue weighted by atomic mass is 16.2. The highest BCUT2D eigenvalue weighted by Gasteiger charge is 2.18. The van der Waals surface area contributed by atoms with Crippen molar-refractivity contribution in [1.82, 2.24) is 30.7 Å². The molecular weight excluding hydrogens is 442 g/mol. The predicted molar refractivity (Wildman–Crippen MR) is 137 cm³/mol. The summed E-state index contributed by atoms with van der Waals surface area (Å²) in [6.45, 7) is 0. The van der Waals surface area contributed by atoms with Gasteiger partial charge in [-0.2, -0.15) is 0 Å². The molecule has 35 heavy (non-hydrogen) atoms. The fourth-order valence-corrected chi connectivity index (χ4v) is 3.72. The lowest BCUT2D eigenvalue weighted by molar-refractivity contribution is 0.0834. The molecule has 4 aromatic rings. The quantitative estimate of drug-likeness (QED) is 0.189. The lowest BCUT2D eigenvalue weighted by Gasteiger charge is -2.20. The number of rotatable bonds is 6. The number of likely N-dealkylation sites (N-methyl/N-ethyl adjacent to an activating group) is 1. The highest BCUT2D eigenvalue weighted by Crippen LogP contribution is 2.25. The molecule has 3 heterocycles. The Balaban J connectivity index is 1.39. The Morgan fingerprint density at radius 3 is 2.83 bits per heavy atom. The monoisotopic (exact) mass is 465 g/mol. The Morgan fingerprint density at radius 1 is 1.14 bits per heavy atom. The number of hydrogen-bond donors (Lipinski definition) is 6. The van der Waals surface area contributed by atoms with Gasteiger partial charge in [0.25, 0.3) is 5.91 Å². The second kappa shape index (κ2) is 9.02. The normalized spacial score (nSPS) is 12.4. The molecule has 5 rings (SSSR count). The number of hydrogen-bond acceptors (Lipinski definition) is 8. The molecule has 1 aliphatic rings. The predicted octanol–water partition coefficient (Wildman–Crippen LogP) is 3.48. The van der Waals surface area contributed by atoms with Gasteiger partial charge in [0.2, 0.25) is 0 Å². The number of benzene rings is 2. The van der Waals surface area contributed by atoms with Gasteiger partial charge in [-0.3, -0.25) is 4.79 Å². The van der Waals surface area contributed by atoms with Crippen LogP contribution in [0.15, 0.2) is 78.9 Å². The summed E-state index contributed by atoms with van der Waals surface area (Å²) in [6, 6.07) is 14.7. The van der Waals surface area contributed by atoms with Crippen LogP contribution in [-0.2, 0) is 0 Å². The number of carbonyl (C=O) groups is 1. The molecule has 0 unspecified atom stereocenters. The van der Waals surface area contributed by atoms with Crippen molar-refractivity contribution in [2.24, 2.45) is 0 Å². The summed E-state index contributed by atoms with van der Waals surface area (Å²) in [5.74, 6) is 0.990. The number of H-pyrrole nitrogens is 1. The number of aromatic amines is 1.